The van der Waals surface area contributed by atoms with Crippen molar-refractivity contribution in [3.8, 4) is 0 Å². The van der Waals surface area contributed by atoms with Gasteiger partial charge in [0.15, 0.2) is 0 Å². The van der Waals surface area contributed by atoms with Gasteiger partial charge >= 0.3 is 0 Å². The van der Waals surface area contributed by atoms with Gasteiger partial charge in [0.2, 0.25) is 0 Å². The van der Waals surface area contributed by atoms with Gasteiger partial charge in [-0.3, -0.25) is 0 Å². The Hall–Kier alpha value is -1.35. The number of fused-ring (bicyclic) bond motifs is 1. The molecule has 1 aromatic heterocycles. The van der Waals surface area contributed by atoms with E-state index in [9.17, 15) is 4.39 Å². The summed E-state index contributed by atoms with van der Waals surface area (Å²) in [5.74, 6) is -0.191. The number of aromatic amines is 1. The number of benzene rings is 1. The average Bonchev–Trinajstić information content (AvgIpc) is 2.57. The first kappa shape index (κ1) is 10.2. The molecule has 0 aliphatic heterocycles. The predicted molar refractivity (Wildman–Crippen MR) is 60.2 cm³/mol. The Bertz CT molecular complexity index is 460. The molecular formula is C12H15FN2. The van der Waals surface area contributed by atoms with E-state index < -0.39 is 0 Å². The van der Waals surface area contributed by atoms with Gasteiger partial charge in [-0.25, -0.2) is 4.39 Å². The molecule has 0 aliphatic rings. The molecule has 0 aliphatic carbocycles. The molecule has 15 heavy (non-hydrogen) atoms. The number of H-pyrrole nitrogens is 1. The quantitative estimate of drug-likeness (QED) is 0.796. The maximum absolute atomic E-state index is 13.1. The summed E-state index contributed by atoms with van der Waals surface area (Å²) in [4.78, 5) is 3.13. The second-order valence-electron chi connectivity index (χ2n) is 4.02. The van der Waals surface area contributed by atoms with E-state index in [1.54, 1.807) is 12.1 Å². The van der Waals surface area contributed by atoms with Crippen LogP contribution in [0.5, 0.6) is 0 Å². The minimum absolute atomic E-state index is 0.184. The molecule has 1 aromatic carbocycles. The van der Waals surface area contributed by atoms with Crippen molar-refractivity contribution >= 4 is 10.9 Å². The number of halogens is 1. The lowest BCUT2D eigenvalue weighted by Crippen LogP contribution is -2.15. The maximum Gasteiger partial charge on any atom is 0.123 e. The minimum Gasteiger partial charge on any atom is -0.361 e. The Morgan fingerprint density at radius 2 is 2.27 bits per heavy atom. The number of hydrogen-bond acceptors (Lipinski definition) is 1. The van der Waals surface area contributed by atoms with Crippen molar-refractivity contribution in [1.29, 1.82) is 0 Å². The van der Waals surface area contributed by atoms with Crippen LogP contribution in [-0.4, -0.2) is 11.0 Å². The van der Waals surface area contributed by atoms with Gasteiger partial charge in [0.25, 0.3) is 0 Å². The van der Waals surface area contributed by atoms with Crippen LogP contribution in [0, 0.1) is 5.82 Å². The summed E-state index contributed by atoms with van der Waals surface area (Å²) in [6.45, 7) is 1.98. The Morgan fingerprint density at radius 3 is 3.00 bits per heavy atom. The second kappa shape index (κ2) is 4.03. The summed E-state index contributed by atoms with van der Waals surface area (Å²) in [6.07, 6.45) is 3.75. The largest absolute Gasteiger partial charge is 0.361 e. The van der Waals surface area contributed by atoms with Gasteiger partial charge < -0.3 is 10.7 Å². The van der Waals surface area contributed by atoms with E-state index in [0.717, 1.165) is 29.3 Å². The molecule has 1 heterocycles. The van der Waals surface area contributed by atoms with E-state index in [-0.39, 0.29) is 11.9 Å². The van der Waals surface area contributed by atoms with Crippen LogP contribution in [0.2, 0.25) is 0 Å². The molecule has 0 fully saturated rings. The number of hydrogen-bond donors (Lipinski definition) is 2. The lowest BCUT2D eigenvalue weighted by molar-refractivity contribution is 0.629. The van der Waals surface area contributed by atoms with Crippen LogP contribution in [0.1, 0.15) is 18.9 Å². The highest BCUT2D eigenvalue weighted by molar-refractivity contribution is 5.83. The molecule has 2 rings (SSSR count). The fraction of sp³-hybridized carbons (Fsp3) is 0.333. The highest BCUT2D eigenvalue weighted by Crippen LogP contribution is 2.20. The number of aryl methyl sites for hydroxylation is 1. The maximum atomic E-state index is 13.1. The Morgan fingerprint density at radius 1 is 1.47 bits per heavy atom. The summed E-state index contributed by atoms with van der Waals surface area (Å²) in [7, 11) is 0. The van der Waals surface area contributed by atoms with Crippen LogP contribution >= 0.6 is 0 Å². The summed E-state index contributed by atoms with van der Waals surface area (Å²) in [5, 5.41) is 0.968. The van der Waals surface area contributed by atoms with Crippen LogP contribution in [0.3, 0.4) is 0 Å². The molecule has 0 spiro atoms. The number of rotatable bonds is 3. The second-order valence-corrected chi connectivity index (χ2v) is 4.02. The molecule has 1 atom stereocenters. The van der Waals surface area contributed by atoms with Crippen LogP contribution in [-0.2, 0) is 6.42 Å². The minimum atomic E-state index is -0.191. The van der Waals surface area contributed by atoms with E-state index in [2.05, 4.69) is 4.98 Å². The van der Waals surface area contributed by atoms with E-state index in [0.29, 0.717) is 0 Å². The van der Waals surface area contributed by atoms with Gasteiger partial charge in [0.1, 0.15) is 5.82 Å². The lowest BCUT2D eigenvalue weighted by Gasteiger charge is -2.03. The molecule has 2 aromatic rings. The first-order chi connectivity index (χ1) is 7.16. The molecule has 3 heteroatoms. The van der Waals surface area contributed by atoms with E-state index in [1.165, 1.54) is 6.07 Å². The number of nitrogens with one attached hydrogen (secondary N) is 1. The lowest BCUT2D eigenvalue weighted by atomic mass is 10.1. The van der Waals surface area contributed by atoms with E-state index >= 15 is 0 Å². The molecule has 3 N–H and O–H groups in total. The van der Waals surface area contributed by atoms with Crippen molar-refractivity contribution in [1.82, 2.24) is 4.98 Å². The van der Waals surface area contributed by atoms with E-state index in [4.69, 9.17) is 5.73 Å². The van der Waals surface area contributed by atoms with Gasteiger partial charge in [-0.2, -0.15) is 0 Å². The fourth-order valence-electron chi connectivity index (χ4n) is 1.74. The third-order valence-corrected chi connectivity index (χ3v) is 2.60. The van der Waals surface area contributed by atoms with Crippen molar-refractivity contribution < 1.29 is 4.39 Å². The summed E-state index contributed by atoms with van der Waals surface area (Å²) in [6, 6.07) is 4.99. The van der Waals surface area contributed by atoms with Crippen molar-refractivity contribution in [3.05, 3.63) is 35.8 Å². The molecule has 0 radical (unpaired) electrons. The standard InChI is InChI=1S/C12H15FN2/c1-8(14)2-3-9-7-15-12-5-4-10(13)6-11(9)12/h4-8,15H,2-3,14H2,1H3. The smallest absolute Gasteiger partial charge is 0.123 e. The summed E-state index contributed by atoms with van der Waals surface area (Å²) >= 11 is 0. The SMILES string of the molecule is CC(N)CCc1c[nH]c2ccc(F)cc12. The Balaban J connectivity index is 2.31. The van der Waals surface area contributed by atoms with E-state index in [1.807, 2.05) is 13.1 Å². The van der Waals surface area contributed by atoms with Crippen LogP contribution < -0.4 is 5.73 Å². The molecule has 0 saturated carbocycles. The molecule has 2 nitrogen and oxygen atoms in total. The highest BCUT2D eigenvalue weighted by atomic mass is 19.1. The van der Waals surface area contributed by atoms with Gasteiger partial charge in [-0.15, -0.1) is 0 Å². The molecule has 0 amide bonds. The number of aromatic nitrogens is 1. The zero-order valence-corrected chi connectivity index (χ0v) is 8.76. The first-order valence-corrected chi connectivity index (χ1v) is 5.18. The van der Waals surface area contributed by atoms with Crippen LogP contribution in [0.4, 0.5) is 4.39 Å². The summed E-state index contributed by atoms with van der Waals surface area (Å²) < 4.78 is 13.1. The number of nitrogens with two attached hydrogens (primary N) is 1. The van der Waals surface area contributed by atoms with Crippen molar-refractivity contribution in [2.45, 2.75) is 25.8 Å². The fourth-order valence-corrected chi connectivity index (χ4v) is 1.74. The molecule has 0 saturated heterocycles. The zero-order valence-electron chi connectivity index (χ0n) is 8.76. The molecular weight excluding hydrogens is 191 g/mol. The average molecular weight is 206 g/mol. The van der Waals surface area contributed by atoms with Crippen molar-refractivity contribution in [3.63, 3.8) is 0 Å². The van der Waals surface area contributed by atoms with Crippen molar-refractivity contribution in [2.24, 2.45) is 5.73 Å². The van der Waals surface area contributed by atoms with Gasteiger partial charge in [0.05, 0.1) is 0 Å². The monoisotopic (exact) mass is 206 g/mol. The normalized spacial score (nSPS) is 13.3. The van der Waals surface area contributed by atoms with Gasteiger partial charge in [-0.1, -0.05) is 0 Å². The first-order valence-electron chi connectivity index (χ1n) is 5.18. The zero-order chi connectivity index (χ0) is 10.8. The van der Waals surface area contributed by atoms with Crippen LogP contribution in [0.25, 0.3) is 10.9 Å². The van der Waals surface area contributed by atoms with Gasteiger partial charge in [0, 0.05) is 23.1 Å². The molecule has 1 unspecified atom stereocenters. The van der Waals surface area contributed by atoms with Crippen molar-refractivity contribution in [2.75, 3.05) is 0 Å². The predicted octanol–water partition coefficient (Wildman–Crippen LogP) is 2.59. The Labute approximate surface area is 88.3 Å². The third-order valence-electron chi connectivity index (χ3n) is 2.60. The van der Waals surface area contributed by atoms with Gasteiger partial charge in [-0.05, 0) is 43.5 Å². The van der Waals surface area contributed by atoms with Crippen LogP contribution in [0.15, 0.2) is 24.4 Å². The third kappa shape index (κ3) is 2.18. The topological polar surface area (TPSA) is 41.8 Å². The Kier molecular flexibility index (Phi) is 2.73. The summed E-state index contributed by atoms with van der Waals surface area (Å²) in [5.41, 5.74) is 7.82. The molecule has 80 valence electrons. The highest BCUT2D eigenvalue weighted by Gasteiger charge is 2.05. The molecule has 0 bridgehead atoms.